The lowest BCUT2D eigenvalue weighted by Gasteiger charge is -2.31. The quantitative estimate of drug-likeness (QED) is 0.263. The third-order valence-corrected chi connectivity index (χ3v) is 8.12. The fourth-order valence-corrected chi connectivity index (χ4v) is 5.29. The standard InChI is InChI=1S/C20H26ClN3O2.C13H21N3O2.ClH/c1-20(2,3)17-11-18(23-26-17)22-19(25)15-5-4-10-24(13-15)12-14-6-8-16(21)9-7-14;1-13(2,3)10-7-11(16-18-10)15-12(17)9-5-4-6-14-8-9;/h6-9,11,15H,4-5,10,12-13H2,1-3H3,(H,22,23,25);7,9,14H,4-6,8H2,1-3H3,(H,15,16,17);1H. The molecule has 12 heteroatoms. The summed E-state index contributed by atoms with van der Waals surface area (Å²) in [5, 5.41) is 17.6. The summed E-state index contributed by atoms with van der Waals surface area (Å²) >= 11 is 5.95. The SMILES string of the molecule is CC(C)(C)c1cc(NC(=O)C2CCCN(Cc3ccc(Cl)cc3)C2)no1.CC(C)(C)c1cc(NC(=O)C2CCCNC2)no1.Cl. The number of benzene rings is 1. The molecule has 2 unspecified atom stereocenters. The number of halogens is 2. The summed E-state index contributed by atoms with van der Waals surface area (Å²) in [5.41, 5.74) is 0.986. The Kier molecular flexibility index (Phi) is 13.1. The molecule has 3 N–H and O–H groups in total. The van der Waals surface area contributed by atoms with Gasteiger partial charge >= 0.3 is 0 Å². The fourth-order valence-electron chi connectivity index (χ4n) is 5.17. The number of carbonyl (C=O) groups excluding carboxylic acids is 2. The van der Waals surface area contributed by atoms with Gasteiger partial charge in [-0.15, -0.1) is 12.4 Å². The summed E-state index contributed by atoms with van der Waals surface area (Å²) < 4.78 is 10.6. The number of hydrogen-bond acceptors (Lipinski definition) is 8. The van der Waals surface area contributed by atoms with Gasteiger partial charge in [-0.2, -0.15) is 0 Å². The Bertz CT molecular complexity index is 1370. The van der Waals surface area contributed by atoms with Gasteiger partial charge in [-0.05, 0) is 56.5 Å². The van der Waals surface area contributed by atoms with Gasteiger partial charge in [-0.1, -0.05) is 75.6 Å². The maximum atomic E-state index is 12.6. The molecule has 0 saturated carbocycles. The van der Waals surface area contributed by atoms with Gasteiger partial charge in [0, 0.05) is 47.6 Å². The Hall–Kier alpha value is -2.92. The molecule has 2 amide bonds. The van der Waals surface area contributed by atoms with E-state index in [0.29, 0.717) is 11.6 Å². The largest absolute Gasteiger partial charge is 0.359 e. The lowest BCUT2D eigenvalue weighted by molar-refractivity contribution is -0.122. The van der Waals surface area contributed by atoms with Crippen molar-refractivity contribution >= 4 is 47.5 Å². The minimum absolute atomic E-state index is 0. The highest BCUT2D eigenvalue weighted by Crippen LogP contribution is 2.27. The van der Waals surface area contributed by atoms with Crippen LogP contribution in [0.4, 0.5) is 11.6 Å². The number of anilines is 2. The molecule has 10 nitrogen and oxygen atoms in total. The first-order valence-corrected chi connectivity index (χ1v) is 15.9. The summed E-state index contributed by atoms with van der Waals surface area (Å²) in [4.78, 5) is 26.9. The average molecular weight is 664 g/mol. The Morgan fingerprint density at radius 1 is 0.889 bits per heavy atom. The van der Waals surface area contributed by atoms with E-state index >= 15 is 0 Å². The molecular formula is C33H48Cl2N6O4. The first-order chi connectivity index (χ1) is 20.8. The van der Waals surface area contributed by atoms with E-state index in [4.69, 9.17) is 20.6 Å². The fraction of sp³-hybridized carbons (Fsp3) is 0.576. The van der Waals surface area contributed by atoms with Gasteiger partial charge in [0.2, 0.25) is 11.8 Å². The van der Waals surface area contributed by atoms with E-state index in [9.17, 15) is 9.59 Å². The molecule has 1 aromatic carbocycles. The predicted molar refractivity (Wildman–Crippen MR) is 180 cm³/mol. The van der Waals surface area contributed by atoms with E-state index in [1.807, 2.05) is 51.1 Å². The monoisotopic (exact) mass is 662 g/mol. The second kappa shape index (κ2) is 16.1. The third kappa shape index (κ3) is 11.1. The van der Waals surface area contributed by atoms with Crippen LogP contribution in [0.2, 0.25) is 5.02 Å². The Balaban J connectivity index is 0.000000256. The highest BCUT2D eigenvalue weighted by Gasteiger charge is 2.28. The maximum absolute atomic E-state index is 12.6. The van der Waals surface area contributed by atoms with Crippen LogP contribution >= 0.6 is 24.0 Å². The van der Waals surface area contributed by atoms with Gasteiger partial charge in [0.05, 0.1) is 11.8 Å². The van der Waals surface area contributed by atoms with Crippen molar-refractivity contribution in [3.8, 4) is 0 Å². The zero-order chi connectivity index (χ0) is 31.9. The van der Waals surface area contributed by atoms with E-state index in [-0.39, 0.29) is 46.9 Å². The molecule has 2 aliphatic rings. The molecule has 0 bridgehead atoms. The summed E-state index contributed by atoms with van der Waals surface area (Å²) in [6.07, 6.45) is 3.89. The van der Waals surface area contributed by atoms with Crippen LogP contribution in [0.3, 0.4) is 0 Å². The van der Waals surface area contributed by atoms with Gasteiger partial charge in [0.15, 0.2) is 11.6 Å². The van der Waals surface area contributed by atoms with E-state index < -0.39 is 0 Å². The van der Waals surface area contributed by atoms with Crippen molar-refractivity contribution in [3.05, 3.63) is 58.5 Å². The molecule has 0 radical (unpaired) electrons. The van der Waals surface area contributed by atoms with Crippen molar-refractivity contribution in [2.45, 2.75) is 84.6 Å². The lowest BCUT2D eigenvalue weighted by Crippen LogP contribution is -2.40. The van der Waals surface area contributed by atoms with Crippen LogP contribution < -0.4 is 16.0 Å². The molecule has 2 aliphatic heterocycles. The van der Waals surface area contributed by atoms with Crippen LogP contribution in [0.15, 0.2) is 45.4 Å². The van der Waals surface area contributed by atoms with E-state index in [1.165, 1.54) is 5.56 Å². The van der Waals surface area contributed by atoms with Crippen molar-refractivity contribution in [1.29, 1.82) is 0 Å². The highest BCUT2D eigenvalue weighted by molar-refractivity contribution is 6.30. The number of rotatable bonds is 6. The molecule has 45 heavy (non-hydrogen) atoms. The summed E-state index contributed by atoms with van der Waals surface area (Å²) in [6, 6.07) is 11.5. The van der Waals surface area contributed by atoms with Crippen molar-refractivity contribution in [2.75, 3.05) is 36.8 Å². The Morgan fingerprint density at radius 2 is 1.42 bits per heavy atom. The second-order valence-electron chi connectivity index (χ2n) is 13.9. The summed E-state index contributed by atoms with van der Waals surface area (Å²) in [7, 11) is 0. The molecular weight excluding hydrogens is 615 g/mol. The van der Waals surface area contributed by atoms with E-state index in [2.05, 4.69) is 51.9 Å². The molecule has 4 heterocycles. The second-order valence-corrected chi connectivity index (χ2v) is 14.3. The van der Waals surface area contributed by atoms with Gasteiger partial charge < -0.3 is 25.0 Å². The Labute approximate surface area is 277 Å². The number of hydrogen-bond donors (Lipinski definition) is 3. The number of aromatic nitrogens is 2. The molecule has 2 atom stereocenters. The first-order valence-electron chi connectivity index (χ1n) is 15.5. The van der Waals surface area contributed by atoms with Crippen molar-refractivity contribution in [1.82, 2.24) is 20.5 Å². The maximum Gasteiger partial charge on any atom is 0.230 e. The molecule has 5 rings (SSSR count). The molecule has 0 spiro atoms. The van der Waals surface area contributed by atoms with Crippen LogP contribution in [-0.2, 0) is 27.0 Å². The smallest absolute Gasteiger partial charge is 0.230 e. The summed E-state index contributed by atoms with van der Waals surface area (Å²) in [5.74, 6) is 2.58. The topological polar surface area (TPSA) is 126 Å². The number of nitrogens with zero attached hydrogens (tertiary/aromatic N) is 3. The third-order valence-electron chi connectivity index (χ3n) is 7.86. The number of likely N-dealkylation sites (tertiary alicyclic amines) is 1. The lowest BCUT2D eigenvalue weighted by atomic mass is 9.93. The normalized spacial score (nSPS) is 19.1. The Morgan fingerprint density at radius 3 is 1.91 bits per heavy atom. The zero-order valence-electron chi connectivity index (χ0n) is 27.2. The molecule has 2 aromatic heterocycles. The molecule has 0 aliphatic carbocycles. The molecule has 2 fully saturated rings. The molecule has 3 aromatic rings. The van der Waals surface area contributed by atoms with Crippen LogP contribution in [0.5, 0.6) is 0 Å². The predicted octanol–water partition coefficient (Wildman–Crippen LogP) is 6.81. The van der Waals surface area contributed by atoms with Gasteiger partial charge in [-0.3, -0.25) is 14.5 Å². The number of nitrogens with one attached hydrogen (secondary N) is 3. The minimum atomic E-state index is -0.129. The number of amides is 2. The van der Waals surface area contributed by atoms with Crippen molar-refractivity contribution < 1.29 is 18.6 Å². The first kappa shape index (κ1) is 36.5. The van der Waals surface area contributed by atoms with Gasteiger partial charge in [-0.25, -0.2) is 0 Å². The van der Waals surface area contributed by atoms with Gasteiger partial charge in [0.25, 0.3) is 0 Å². The minimum Gasteiger partial charge on any atom is -0.359 e. The average Bonchev–Trinajstić information content (AvgIpc) is 3.66. The molecule has 248 valence electrons. The van der Waals surface area contributed by atoms with Crippen LogP contribution in [0.1, 0.15) is 84.3 Å². The van der Waals surface area contributed by atoms with Crippen LogP contribution in [-0.4, -0.2) is 53.2 Å². The van der Waals surface area contributed by atoms with Crippen molar-refractivity contribution in [2.24, 2.45) is 11.8 Å². The van der Waals surface area contributed by atoms with Gasteiger partial charge in [0.1, 0.15) is 11.5 Å². The highest BCUT2D eigenvalue weighted by atomic mass is 35.5. The molecule has 2 saturated heterocycles. The van der Waals surface area contributed by atoms with E-state index in [0.717, 1.165) is 75.0 Å². The van der Waals surface area contributed by atoms with E-state index in [1.54, 1.807) is 6.07 Å². The number of piperidine rings is 2. The van der Waals surface area contributed by atoms with Crippen LogP contribution in [0.25, 0.3) is 0 Å². The van der Waals surface area contributed by atoms with Crippen molar-refractivity contribution in [3.63, 3.8) is 0 Å². The number of carbonyl (C=O) groups is 2. The van der Waals surface area contributed by atoms with Crippen LogP contribution in [0, 0.1) is 11.8 Å². The summed E-state index contributed by atoms with van der Waals surface area (Å²) in [6.45, 7) is 16.6. The zero-order valence-corrected chi connectivity index (χ0v) is 28.8.